The van der Waals surface area contributed by atoms with Crippen LogP contribution in [0.1, 0.15) is 36.6 Å². The predicted octanol–water partition coefficient (Wildman–Crippen LogP) is 4.36. The van der Waals surface area contributed by atoms with E-state index in [9.17, 15) is 13.9 Å². The summed E-state index contributed by atoms with van der Waals surface area (Å²) in [6, 6.07) is 5.76. The summed E-state index contributed by atoms with van der Waals surface area (Å²) in [5, 5.41) is 1.44. The molecule has 7 nitrogen and oxygen atoms in total. The fourth-order valence-electron chi connectivity index (χ4n) is 5.09. The largest absolute Gasteiger partial charge is 0.323 e. The molecule has 5 heterocycles. The third-order valence-electron chi connectivity index (χ3n) is 6.65. The second kappa shape index (κ2) is 6.20. The molecule has 3 aromatic rings. The van der Waals surface area contributed by atoms with Crippen molar-refractivity contribution in [2.45, 2.75) is 37.3 Å². The first-order chi connectivity index (χ1) is 14.4. The van der Waals surface area contributed by atoms with Gasteiger partial charge in [-0.05, 0) is 43.0 Å². The van der Waals surface area contributed by atoms with Gasteiger partial charge in [0.15, 0.2) is 0 Å². The minimum Gasteiger partial charge on any atom is -0.323 e. The lowest BCUT2D eigenvalue weighted by molar-refractivity contribution is -0.120. The molecule has 2 aliphatic heterocycles. The van der Waals surface area contributed by atoms with E-state index in [0.29, 0.717) is 29.5 Å². The van der Waals surface area contributed by atoms with E-state index in [0.717, 1.165) is 40.8 Å². The van der Waals surface area contributed by atoms with Gasteiger partial charge in [0.05, 0.1) is 40.7 Å². The number of hydrogen-bond acceptors (Lipinski definition) is 5. The maximum atomic E-state index is 13.3. The minimum absolute atomic E-state index is 0.0721. The molecular weight excluding hydrogens is 424 g/mol. The number of carbonyl (C=O) groups excluding carboxylic acids is 1. The van der Waals surface area contributed by atoms with Crippen molar-refractivity contribution in [2.24, 2.45) is 0 Å². The first kappa shape index (κ1) is 18.6. The molecule has 2 fully saturated rings. The van der Waals surface area contributed by atoms with Crippen LogP contribution >= 0.6 is 22.2 Å². The molecule has 1 amide bonds. The highest BCUT2D eigenvalue weighted by atomic mass is 35.5. The predicted molar refractivity (Wildman–Crippen MR) is 117 cm³/mol. The number of anilines is 1. The summed E-state index contributed by atoms with van der Waals surface area (Å²) in [4.78, 5) is 23.9. The van der Waals surface area contributed by atoms with Gasteiger partial charge in [-0.2, -0.15) is 10.6 Å². The average molecular weight is 445 g/mol. The number of carbonyl (C=O) groups is 1. The molecule has 2 N–H and O–H groups in total. The third-order valence-corrected chi connectivity index (χ3v) is 8.67. The number of nitrogens with zero attached hydrogens (tertiary/aromatic N) is 4. The second-order valence-electron chi connectivity index (χ2n) is 8.55. The van der Waals surface area contributed by atoms with Crippen molar-refractivity contribution >= 4 is 44.8 Å². The van der Waals surface area contributed by atoms with Crippen LogP contribution in [-0.2, 0) is 16.8 Å². The molecule has 30 heavy (non-hydrogen) atoms. The zero-order valence-corrected chi connectivity index (χ0v) is 17.7. The Labute approximate surface area is 180 Å². The normalized spacial score (nSPS) is 24.6. The lowest BCUT2D eigenvalue weighted by Crippen LogP contribution is -2.32. The number of pyridine rings is 2. The van der Waals surface area contributed by atoms with E-state index in [1.165, 1.54) is 0 Å². The number of hydrogen-bond donors (Lipinski definition) is 2. The molecule has 0 radical (unpaired) electrons. The molecule has 1 saturated heterocycles. The van der Waals surface area contributed by atoms with E-state index in [1.54, 1.807) is 18.6 Å². The highest BCUT2D eigenvalue weighted by molar-refractivity contribution is 8.24. The molecule has 6 rings (SSSR count). The zero-order valence-electron chi connectivity index (χ0n) is 16.2. The Morgan fingerprint density at radius 1 is 1.27 bits per heavy atom. The smallest absolute Gasteiger partial charge is 0.238 e. The molecule has 1 atom stereocenters. The van der Waals surface area contributed by atoms with Crippen LogP contribution in [0, 0.1) is 0 Å². The standard InChI is InChI=1S/C21H21ClN4O3S/c22-14-7-13-8-16(26(19(13)24-9-14)15-2-6-30(28,29)12-15)11-25-18-10-23-5-1-17(18)21(3-4-21)20(25)27/h1,5,7-10,15,28-29H,2-4,6,11-12H2. The molecule has 1 spiro atoms. The van der Waals surface area contributed by atoms with Crippen molar-refractivity contribution in [3.63, 3.8) is 0 Å². The Kier molecular flexibility index (Phi) is 3.85. The van der Waals surface area contributed by atoms with Gasteiger partial charge in [0.25, 0.3) is 0 Å². The van der Waals surface area contributed by atoms with Gasteiger partial charge in [-0.1, -0.05) is 11.6 Å². The summed E-state index contributed by atoms with van der Waals surface area (Å²) in [5.74, 6) is 0.830. The van der Waals surface area contributed by atoms with Gasteiger partial charge < -0.3 is 9.47 Å². The monoisotopic (exact) mass is 444 g/mol. The molecule has 9 heteroatoms. The average Bonchev–Trinajstić information content (AvgIpc) is 3.27. The number of fused-ring (bicyclic) bond motifs is 3. The fourth-order valence-corrected chi connectivity index (χ4v) is 7.00. The van der Waals surface area contributed by atoms with E-state index in [2.05, 4.69) is 14.5 Å². The molecule has 1 unspecified atom stereocenters. The van der Waals surface area contributed by atoms with Gasteiger partial charge in [-0.15, -0.1) is 0 Å². The molecule has 3 aliphatic rings. The summed E-state index contributed by atoms with van der Waals surface area (Å²) >= 11 is 6.17. The van der Waals surface area contributed by atoms with Gasteiger partial charge in [0.1, 0.15) is 5.65 Å². The van der Waals surface area contributed by atoms with Gasteiger partial charge in [-0.25, -0.2) is 4.98 Å². The lowest BCUT2D eigenvalue weighted by Gasteiger charge is -2.27. The topological polar surface area (TPSA) is 91.5 Å². The van der Waals surface area contributed by atoms with Crippen LogP contribution in [0.25, 0.3) is 11.0 Å². The highest BCUT2D eigenvalue weighted by Crippen LogP contribution is 2.57. The molecule has 3 aromatic heterocycles. The third kappa shape index (κ3) is 2.64. The maximum Gasteiger partial charge on any atom is 0.238 e. The Bertz CT molecular complexity index is 1210. The van der Waals surface area contributed by atoms with Gasteiger partial charge in [0, 0.05) is 29.2 Å². The lowest BCUT2D eigenvalue weighted by atomic mass is 9.99. The number of halogens is 1. The molecule has 0 aromatic carbocycles. The maximum absolute atomic E-state index is 13.3. The molecular formula is C21H21ClN4O3S. The number of amides is 1. The van der Waals surface area contributed by atoms with Gasteiger partial charge in [-0.3, -0.25) is 18.9 Å². The Morgan fingerprint density at radius 2 is 2.10 bits per heavy atom. The van der Waals surface area contributed by atoms with Crippen LogP contribution in [0.3, 0.4) is 0 Å². The van der Waals surface area contributed by atoms with E-state index in [1.807, 2.05) is 23.1 Å². The highest BCUT2D eigenvalue weighted by Gasteiger charge is 2.59. The Balaban J connectivity index is 1.46. The summed E-state index contributed by atoms with van der Waals surface area (Å²) in [6.07, 6.45) is 7.55. The summed E-state index contributed by atoms with van der Waals surface area (Å²) < 4.78 is 22.5. The Morgan fingerprint density at radius 3 is 2.83 bits per heavy atom. The Hall–Kier alpha value is -2.13. The van der Waals surface area contributed by atoms with Crippen molar-refractivity contribution in [3.05, 3.63) is 53.1 Å². The first-order valence-electron chi connectivity index (χ1n) is 10.0. The first-order valence-corrected chi connectivity index (χ1v) is 12.3. The van der Waals surface area contributed by atoms with Crippen molar-refractivity contribution in [3.8, 4) is 0 Å². The van der Waals surface area contributed by atoms with Crippen LogP contribution in [0.5, 0.6) is 0 Å². The summed E-state index contributed by atoms with van der Waals surface area (Å²) in [7, 11) is -2.58. The minimum atomic E-state index is -2.58. The SMILES string of the molecule is O=C1N(Cc2cc3cc(Cl)cnc3n2C2CCS(O)(O)C2)c2cnccc2C12CC2. The molecule has 1 aliphatic carbocycles. The summed E-state index contributed by atoms with van der Waals surface area (Å²) in [6.45, 7) is 0.392. The zero-order chi connectivity index (χ0) is 20.7. The van der Waals surface area contributed by atoms with E-state index >= 15 is 0 Å². The fraction of sp³-hybridized carbons (Fsp3) is 0.381. The van der Waals surface area contributed by atoms with Crippen LogP contribution in [0.4, 0.5) is 5.69 Å². The summed E-state index contributed by atoms with van der Waals surface area (Å²) in [5.41, 5.74) is 3.25. The van der Waals surface area contributed by atoms with Crippen molar-refractivity contribution < 1.29 is 13.9 Å². The van der Waals surface area contributed by atoms with E-state index in [4.69, 9.17) is 11.6 Å². The van der Waals surface area contributed by atoms with Crippen LogP contribution in [-0.4, -0.2) is 41.1 Å². The number of rotatable bonds is 3. The van der Waals surface area contributed by atoms with Crippen LogP contribution in [0.15, 0.2) is 36.8 Å². The van der Waals surface area contributed by atoms with Gasteiger partial charge in [0.2, 0.25) is 5.91 Å². The van der Waals surface area contributed by atoms with Crippen molar-refractivity contribution in [2.75, 3.05) is 16.4 Å². The number of aromatic nitrogens is 3. The molecule has 156 valence electrons. The van der Waals surface area contributed by atoms with Crippen molar-refractivity contribution in [1.29, 1.82) is 0 Å². The van der Waals surface area contributed by atoms with Gasteiger partial charge >= 0.3 is 0 Å². The second-order valence-corrected chi connectivity index (χ2v) is 11.3. The van der Waals surface area contributed by atoms with Crippen LogP contribution < -0.4 is 4.90 Å². The van der Waals surface area contributed by atoms with Crippen molar-refractivity contribution in [1.82, 2.24) is 14.5 Å². The van der Waals surface area contributed by atoms with Crippen LogP contribution in [0.2, 0.25) is 5.02 Å². The van der Waals surface area contributed by atoms with E-state index in [-0.39, 0.29) is 17.4 Å². The quantitative estimate of drug-likeness (QED) is 0.626. The molecule has 0 bridgehead atoms. The molecule has 1 saturated carbocycles. The van der Waals surface area contributed by atoms with E-state index < -0.39 is 10.6 Å².